The number of carbonyl (C=O) groups is 3. The Morgan fingerprint density at radius 3 is 2.28 bits per heavy atom. The van der Waals surface area contributed by atoms with E-state index in [1.54, 1.807) is 12.1 Å². The molecule has 0 aromatic carbocycles. The quantitative estimate of drug-likeness (QED) is 0.298. The number of nitrogens with two attached hydrogens (primary N) is 2. The number of rotatable bonds is 2. The van der Waals surface area contributed by atoms with Gasteiger partial charge in [0.1, 0.15) is 0 Å². The molecule has 6 N–H and O–H groups in total. The van der Waals surface area contributed by atoms with Crippen molar-refractivity contribution in [1.82, 2.24) is 10.3 Å². The fourth-order valence-corrected chi connectivity index (χ4v) is 1.23. The number of pyridine rings is 1. The van der Waals surface area contributed by atoms with E-state index >= 15 is 0 Å². The first-order valence-electron chi connectivity index (χ1n) is 5.08. The molecule has 8 heteroatoms. The van der Waals surface area contributed by atoms with Crippen molar-refractivity contribution >= 4 is 23.5 Å². The van der Waals surface area contributed by atoms with E-state index in [-0.39, 0.29) is 17.4 Å². The van der Waals surface area contributed by atoms with E-state index in [0.717, 1.165) is 0 Å². The van der Waals surface area contributed by atoms with Crippen LogP contribution in [-0.2, 0) is 9.59 Å². The summed E-state index contributed by atoms with van der Waals surface area (Å²) in [6.45, 7) is 0. The Labute approximate surface area is 103 Å². The molecule has 3 amide bonds. The molecular weight excluding hydrogens is 238 g/mol. The summed E-state index contributed by atoms with van der Waals surface area (Å²) in [6.07, 6.45) is 2.26. The highest BCUT2D eigenvalue weighted by atomic mass is 16.2. The smallest absolute Gasteiger partial charge is 0.252 e. The maximum atomic E-state index is 10.7. The number of anilines is 1. The first kappa shape index (κ1) is 13.6. The normalized spacial score (nSPS) is 13.4. The Bertz CT molecular complexity index is 460. The zero-order chi connectivity index (χ0) is 13.5. The second-order valence-electron chi connectivity index (χ2n) is 3.38. The van der Waals surface area contributed by atoms with Crippen molar-refractivity contribution in [3.63, 3.8) is 0 Å². The van der Waals surface area contributed by atoms with E-state index in [4.69, 9.17) is 11.6 Å². The zero-order valence-electron chi connectivity index (χ0n) is 9.47. The van der Waals surface area contributed by atoms with Crippen molar-refractivity contribution in [2.45, 2.75) is 12.8 Å². The van der Waals surface area contributed by atoms with Crippen LogP contribution in [0.5, 0.6) is 0 Å². The van der Waals surface area contributed by atoms with Crippen molar-refractivity contribution in [3.8, 4) is 0 Å². The summed E-state index contributed by atoms with van der Waals surface area (Å²) in [5.74, 6) is 4.51. The van der Waals surface area contributed by atoms with Crippen molar-refractivity contribution in [3.05, 3.63) is 23.9 Å². The van der Waals surface area contributed by atoms with Crippen LogP contribution >= 0.6 is 0 Å². The van der Waals surface area contributed by atoms with Gasteiger partial charge in [0.25, 0.3) is 5.91 Å². The summed E-state index contributed by atoms with van der Waals surface area (Å²) in [5, 5.41) is 2.14. The Balaban J connectivity index is 0.000000199. The van der Waals surface area contributed by atoms with E-state index < -0.39 is 5.91 Å². The number of aromatic nitrogens is 1. The molecule has 0 atom stereocenters. The van der Waals surface area contributed by atoms with Crippen molar-refractivity contribution in [2.75, 3.05) is 5.43 Å². The van der Waals surface area contributed by atoms with Crippen LogP contribution in [0.4, 0.5) is 5.82 Å². The van der Waals surface area contributed by atoms with Crippen molar-refractivity contribution in [1.29, 1.82) is 0 Å². The Morgan fingerprint density at radius 1 is 1.33 bits per heavy atom. The standard InChI is InChI=1S/C6H8N4O.C4H5NO2/c7-5(11)4-2-1-3-9-6(4)10-8;6-3-1-2-4(7)5-3/h1-3H,8H2,(H2,7,11)(H,9,10);1-2H2,(H,5,6,7). The molecule has 0 unspecified atom stereocenters. The molecule has 1 aromatic heterocycles. The third-order valence-electron chi connectivity index (χ3n) is 2.07. The Morgan fingerprint density at radius 2 is 1.94 bits per heavy atom. The first-order chi connectivity index (χ1) is 8.54. The van der Waals surface area contributed by atoms with E-state index in [0.29, 0.717) is 18.7 Å². The van der Waals surface area contributed by atoms with Crippen LogP contribution in [0.15, 0.2) is 18.3 Å². The molecule has 1 aromatic rings. The summed E-state index contributed by atoms with van der Waals surface area (Å²) in [4.78, 5) is 34.7. The molecule has 1 fully saturated rings. The minimum atomic E-state index is -0.550. The lowest BCUT2D eigenvalue weighted by molar-refractivity contribution is -0.124. The molecule has 18 heavy (non-hydrogen) atoms. The predicted octanol–water partition coefficient (Wildman–Crippen LogP) is -1.11. The number of nitrogens with one attached hydrogen (secondary N) is 2. The van der Waals surface area contributed by atoms with Crippen LogP contribution in [0.2, 0.25) is 0 Å². The van der Waals surface area contributed by atoms with Crippen LogP contribution in [-0.4, -0.2) is 22.7 Å². The van der Waals surface area contributed by atoms with Gasteiger partial charge >= 0.3 is 0 Å². The maximum absolute atomic E-state index is 10.7. The minimum Gasteiger partial charge on any atom is -0.365 e. The summed E-state index contributed by atoms with van der Waals surface area (Å²) in [6, 6.07) is 3.16. The van der Waals surface area contributed by atoms with Gasteiger partial charge in [-0.25, -0.2) is 10.8 Å². The predicted molar refractivity (Wildman–Crippen MR) is 62.9 cm³/mol. The summed E-state index contributed by atoms with van der Waals surface area (Å²) < 4.78 is 0. The average Bonchev–Trinajstić information content (AvgIpc) is 2.73. The fourth-order valence-electron chi connectivity index (χ4n) is 1.23. The number of hydrazine groups is 1. The van der Waals surface area contributed by atoms with Crippen LogP contribution in [0.1, 0.15) is 23.2 Å². The summed E-state index contributed by atoms with van der Waals surface area (Å²) in [7, 11) is 0. The van der Waals surface area contributed by atoms with E-state index in [2.05, 4.69) is 15.7 Å². The summed E-state index contributed by atoms with van der Waals surface area (Å²) in [5.41, 5.74) is 7.57. The van der Waals surface area contributed by atoms with Crippen LogP contribution in [0.3, 0.4) is 0 Å². The highest BCUT2D eigenvalue weighted by Crippen LogP contribution is 2.07. The number of nitrogen functional groups attached to an aromatic ring is 1. The summed E-state index contributed by atoms with van der Waals surface area (Å²) >= 11 is 0. The molecule has 1 saturated heterocycles. The largest absolute Gasteiger partial charge is 0.365 e. The molecule has 1 aliphatic rings. The zero-order valence-corrected chi connectivity index (χ0v) is 9.47. The molecule has 1 aliphatic heterocycles. The first-order valence-corrected chi connectivity index (χ1v) is 5.08. The van der Waals surface area contributed by atoms with Crippen molar-refractivity contribution < 1.29 is 14.4 Å². The molecule has 2 heterocycles. The average molecular weight is 251 g/mol. The molecule has 0 spiro atoms. The third-order valence-corrected chi connectivity index (χ3v) is 2.07. The van der Waals surface area contributed by atoms with Gasteiger partial charge in [0.05, 0.1) is 5.56 Å². The fraction of sp³-hybridized carbons (Fsp3) is 0.200. The maximum Gasteiger partial charge on any atom is 0.252 e. The number of hydrogen-bond acceptors (Lipinski definition) is 6. The lowest BCUT2D eigenvalue weighted by Crippen LogP contribution is -2.18. The van der Waals surface area contributed by atoms with Gasteiger partial charge in [0.15, 0.2) is 5.82 Å². The van der Waals surface area contributed by atoms with Gasteiger partial charge in [-0.3, -0.25) is 19.7 Å². The molecule has 0 bridgehead atoms. The number of imide groups is 1. The van der Waals surface area contributed by atoms with Gasteiger partial charge in [-0.05, 0) is 12.1 Å². The van der Waals surface area contributed by atoms with Crippen LogP contribution in [0, 0.1) is 0 Å². The SMILES string of the molecule is NNc1ncccc1C(N)=O.O=C1CCC(=O)N1. The lowest BCUT2D eigenvalue weighted by atomic mass is 10.2. The van der Waals surface area contributed by atoms with Gasteiger partial charge in [0, 0.05) is 19.0 Å². The van der Waals surface area contributed by atoms with E-state index in [1.165, 1.54) is 6.20 Å². The van der Waals surface area contributed by atoms with Crippen LogP contribution < -0.4 is 22.3 Å². The second-order valence-corrected chi connectivity index (χ2v) is 3.38. The number of primary amides is 1. The molecule has 0 saturated carbocycles. The highest BCUT2D eigenvalue weighted by Gasteiger charge is 2.15. The molecule has 96 valence electrons. The van der Waals surface area contributed by atoms with Gasteiger partial charge in [-0.1, -0.05) is 0 Å². The van der Waals surface area contributed by atoms with Crippen molar-refractivity contribution in [2.24, 2.45) is 11.6 Å². The molecule has 0 radical (unpaired) electrons. The molecule has 2 rings (SSSR count). The topological polar surface area (TPSA) is 140 Å². The van der Waals surface area contributed by atoms with Gasteiger partial charge < -0.3 is 11.2 Å². The highest BCUT2D eigenvalue weighted by molar-refractivity contribution is 6.01. The molecular formula is C10H13N5O3. The second kappa shape index (κ2) is 6.30. The van der Waals surface area contributed by atoms with Crippen LogP contribution in [0.25, 0.3) is 0 Å². The third kappa shape index (κ3) is 3.83. The number of hydrogen-bond donors (Lipinski definition) is 4. The molecule has 8 nitrogen and oxygen atoms in total. The minimum absolute atomic E-state index is 0.148. The Kier molecular flexibility index (Phi) is 4.76. The lowest BCUT2D eigenvalue weighted by Gasteiger charge is -2.01. The number of amides is 3. The van der Waals surface area contributed by atoms with Gasteiger partial charge in [-0.2, -0.15) is 0 Å². The van der Waals surface area contributed by atoms with Gasteiger partial charge in [0.2, 0.25) is 11.8 Å². The van der Waals surface area contributed by atoms with E-state index in [9.17, 15) is 14.4 Å². The van der Waals surface area contributed by atoms with E-state index in [1.807, 2.05) is 0 Å². The van der Waals surface area contributed by atoms with Gasteiger partial charge in [-0.15, -0.1) is 0 Å². The molecule has 0 aliphatic carbocycles. The number of nitrogens with zero attached hydrogens (tertiary/aromatic N) is 1. The Hall–Kier alpha value is -2.48. The monoisotopic (exact) mass is 251 g/mol. The number of carbonyl (C=O) groups excluding carboxylic acids is 3.